The molecular weight excluding hydrogens is 637 g/mol. The first-order chi connectivity index (χ1) is 26.1. The summed E-state index contributed by atoms with van der Waals surface area (Å²) in [6.07, 6.45) is 0. The maximum atomic E-state index is 2.46. The van der Waals surface area contributed by atoms with Gasteiger partial charge in [0.2, 0.25) is 0 Å². The molecule has 0 N–H and O–H groups in total. The van der Waals surface area contributed by atoms with Crippen LogP contribution in [0.3, 0.4) is 0 Å². The molecule has 248 valence electrons. The van der Waals surface area contributed by atoms with Crippen LogP contribution in [0.4, 0.5) is 0 Å². The van der Waals surface area contributed by atoms with Gasteiger partial charge in [-0.1, -0.05) is 190 Å². The first kappa shape index (κ1) is 30.2. The van der Waals surface area contributed by atoms with Gasteiger partial charge in [0.1, 0.15) is 0 Å². The first-order valence-electron chi connectivity index (χ1n) is 18.7. The van der Waals surface area contributed by atoms with Crippen molar-refractivity contribution in [3.8, 4) is 44.5 Å². The third-order valence-electron chi connectivity index (χ3n) is 12.0. The summed E-state index contributed by atoms with van der Waals surface area (Å²) in [4.78, 5) is 0. The molecule has 0 radical (unpaired) electrons. The Hall–Kier alpha value is -6.50. The summed E-state index contributed by atoms with van der Waals surface area (Å²) >= 11 is 0. The van der Waals surface area contributed by atoms with Crippen molar-refractivity contribution in [3.05, 3.63) is 193 Å². The van der Waals surface area contributed by atoms with Crippen LogP contribution in [0.25, 0.3) is 98.4 Å². The van der Waals surface area contributed by atoms with Gasteiger partial charge in [0, 0.05) is 5.41 Å². The zero-order chi connectivity index (χ0) is 35.3. The molecule has 0 saturated heterocycles. The molecule has 0 unspecified atom stereocenters. The van der Waals surface area contributed by atoms with E-state index in [-0.39, 0.29) is 5.41 Å². The van der Waals surface area contributed by atoms with Gasteiger partial charge in [0.15, 0.2) is 0 Å². The molecule has 0 spiro atoms. The average molecular weight is 673 g/mol. The Balaban J connectivity index is 1.07. The van der Waals surface area contributed by atoms with Gasteiger partial charge in [-0.15, -0.1) is 0 Å². The second-order valence-corrected chi connectivity index (χ2v) is 15.2. The normalized spacial score (nSPS) is 13.2. The highest BCUT2D eigenvalue weighted by atomic mass is 14.4. The van der Waals surface area contributed by atoms with Crippen molar-refractivity contribution < 1.29 is 0 Å². The van der Waals surface area contributed by atoms with Crippen molar-refractivity contribution in [2.24, 2.45) is 0 Å². The Kier molecular flexibility index (Phi) is 6.40. The molecule has 1 aliphatic carbocycles. The highest BCUT2D eigenvalue weighted by Crippen LogP contribution is 2.55. The lowest BCUT2D eigenvalue weighted by Crippen LogP contribution is -2.15. The van der Waals surface area contributed by atoms with E-state index in [4.69, 9.17) is 0 Å². The van der Waals surface area contributed by atoms with Gasteiger partial charge >= 0.3 is 0 Å². The van der Waals surface area contributed by atoms with E-state index in [2.05, 4.69) is 196 Å². The largest absolute Gasteiger partial charge is 0.0616 e. The van der Waals surface area contributed by atoms with Crippen LogP contribution in [0.15, 0.2) is 182 Å². The van der Waals surface area contributed by atoms with Gasteiger partial charge in [0.05, 0.1) is 0 Å². The van der Waals surface area contributed by atoms with Gasteiger partial charge < -0.3 is 0 Å². The number of rotatable bonds is 3. The molecule has 11 rings (SSSR count). The van der Waals surface area contributed by atoms with Crippen molar-refractivity contribution in [2.45, 2.75) is 19.3 Å². The minimum Gasteiger partial charge on any atom is -0.0616 e. The van der Waals surface area contributed by atoms with Crippen molar-refractivity contribution in [3.63, 3.8) is 0 Å². The van der Waals surface area contributed by atoms with E-state index in [1.807, 2.05) is 0 Å². The summed E-state index contributed by atoms with van der Waals surface area (Å²) in [6, 6.07) is 67.7. The van der Waals surface area contributed by atoms with Crippen molar-refractivity contribution in [1.82, 2.24) is 0 Å². The summed E-state index contributed by atoms with van der Waals surface area (Å²) in [5, 5.41) is 13.0. The summed E-state index contributed by atoms with van der Waals surface area (Å²) in [7, 11) is 0. The quantitative estimate of drug-likeness (QED) is 0.129. The fourth-order valence-corrected chi connectivity index (χ4v) is 9.67. The predicted molar refractivity (Wildman–Crippen MR) is 228 cm³/mol. The maximum Gasteiger partial charge on any atom is 0.0165 e. The molecule has 10 aromatic rings. The van der Waals surface area contributed by atoms with Gasteiger partial charge in [-0.2, -0.15) is 0 Å². The standard InChI is InChI=1S/C53H36/c1-53(2)48-32-36(30-31-47(48)51-41-19-7-5-17-38(41)39-18-6-12-24-46(39)52(51)53)33-26-28-35(29-27-33)49-42-20-8-10-22-44(42)50(45-23-11-9-21-43(45)49)40-25-13-15-34-14-3-4-16-37(34)40/h3-32H,1-2H3. The third kappa shape index (κ3) is 4.30. The molecule has 0 heterocycles. The molecule has 0 heteroatoms. The van der Waals surface area contributed by atoms with Crippen LogP contribution >= 0.6 is 0 Å². The molecule has 0 nitrogen and oxygen atoms in total. The second kappa shape index (κ2) is 11.2. The van der Waals surface area contributed by atoms with Crippen LogP contribution < -0.4 is 0 Å². The third-order valence-corrected chi connectivity index (χ3v) is 12.0. The van der Waals surface area contributed by atoms with E-state index in [1.54, 1.807) is 0 Å². The SMILES string of the molecule is CC1(C)c2cc(-c3ccc(-c4c5ccccc5c(-c5cccc6ccccc56)c5ccccc45)cc3)ccc2-c2c1c1ccccc1c1ccccc21. The summed E-state index contributed by atoms with van der Waals surface area (Å²) in [5.41, 5.74) is 13.1. The average Bonchev–Trinajstić information content (AvgIpc) is 3.46. The molecule has 10 aromatic carbocycles. The van der Waals surface area contributed by atoms with E-state index in [0.29, 0.717) is 0 Å². The Bertz CT molecular complexity index is 3060. The molecule has 0 atom stereocenters. The minimum absolute atomic E-state index is 0.131. The monoisotopic (exact) mass is 672 g/mol. The lowest BCUT2D eigenvalue weighted by molar-refractivity contribution is 0.667. The van der Waals surface area contributed by atoms with Crippen LogP contribution in [0.5, 0.6) is 0 Å². The zero-order valence-corrected chi connectivity index (χ0v) is 29.8. The predicted octanol–water partition coefficient (Wildman–Crippen LogP) is 14.8. The number of fused-ring (bicyclic) bond motifs is 11. The lowest BCUT2D eigenvalue weighted by Gasteiger charge is -2.24. The van der Waals surface area contributed by atoms with Crippen molar-refractivity contribution in [1.29, 1.82) is 0 Å². The molecule has 0 saturated carbocycles. The van der Waals surface area contributed by atoms with Gasteiger partial charge in [-0.3, -0.25) is 0 Å². The first-order valence-corrected chi connectivity index (χ1v) is 18.7. The molecule has 53 heavy (non-hydrogen) atoms. The summed E-state index contributed by atoms with van der Waals surface area (Å²) in [5.74, 6) is 0. The van der Waals surface area contributed by atoms with Crippen LogP contribution in [0, 0.1) is 0 Å². The Morgan fingerprint density at radius 2 is 0.755 bits per heavy atom. The molecule has 0 fully saturated rings. The van der Waals surface area contributed by atoms with Crippen molar-refractivity contribution >= 4 is 53.9 Å². The van der Waals surface area contributed by atoms with Gasteiger partial charge in [-0.25, -0.2) is 0 Å². The molecule has 0 aromatic heterocycles. The molecule has 0 bridgehead atoms. The number of hydrogen-bond donors (Lipinski definition) is 0. The van der Waals surface area contributed by atoms with E-state index < -0.39 is 0 Å². The summed E-state index contributed by atoms with van der Waals surface area (Å²) < 4.78 is 0. The minimum atomic E-state index is -0.131. The lowest BCUT2D eigenvalue weighted by atomic mass is 9.78. The van der Waals surface area contributed by atoms with E-state index >= 15 is 0 Å². The van der Waals surface area contributed by atoms with Crippen LogP contribution in [-0.4, -0.2) is 0 Å². The Morgan fingerprint density at radius 3 is 1.40 bits per heavy atom. The highest BCUT2D eigenvalue weighted by Gasteiger charge is 2.38. The second-order valence-electron chi connectivity index (χ2n) is 15.2. The fourth-order valence-electron chi connectivity index (χ4n) is 9.67. The fraction of sp³-hybridized carbons (Fsp3) is 0.0566. The smallest absolute Gasteiger partial charge is 0.0165 e. The van der Waals surface area contributed by atoms with Crippen LogP contribution in [-0.2, 0) is 5.41 Å². The van der Waals surface area contributed by atoms with E-state index in [9.17, 15) is 0 Å². The van der Waals surface area contributed by atoms with Gasteiger partial charge in [-0.05, 0) is 116 Å². The molecular formula is C53H36. The zero-order valence-electron chi connectivity index (χ0n) is 29.8. The number of hydrogen-bond acceptors (Lipinski definition) is 0. The Morgan fingerprint density at radius 1 is 0.302 bits per heavy atom. The Labute approximate surface area is 309 Å². The van der Waals surface area contributed by atoms with E-state index in [1.165, 1.54) is 109 Å². The molecule has 0 amide bonds. The van der Waals surface area contributed by atoms with Gasteiger partial charge in [0.25, 0.3) is 0 Å². The van der Waals surface area contributed by atoms with Crippen LogP contribution in [0.1, 0.15) is 25.0 Å². The topological polar surface area (TPSA) is 0 Å². The highest BCUT2D eigenvalue weighted by molar-refractivity contribution is 6.23. The number of benzene rings is 10. The maximum absolute atomic E-state index is 2.46. The van der Waals surface area contributed by atoms with Crippen LogP contribution in [0.2, 0.25) is 0 Å². The molecule has 0 aliphatic heterocycles. The summed E-state index contributed by atoms with van der Waals surface area (Å²) in [6.45, 7) is 4.81. The molecule has 1 aliphatic rings. The van der Waals surface area contributed by atoms with Crippen molar-refractivity contribution in [2.75, 3.05) is 0 Å². The van der Waals surface area contributed by atoms with E-state index in [0.717, 1.165) is 0 Å².